The van der Waals surface area contributed by atoms with E-state index in [0.717, 1.165) is 36.2 Å². The summed E-state index contributed by atoms with van der Waals surface area (Å²) < 4.78 is 5.70. The van der Waals surface area contributed by atoms with Gasteiger partial charge in [0.1, 0.15) is 5.76 Å². The fourth-order valence-electron chi connectivity index (χ4n) is 1.91. The Labute approximate surface area is 119 Å². The zero-order chi connectivity index (χ0) is 13.7. The van der Waals surface area contributed by atoms with Crippen LogP contribution in [0.2, 0.25) is 5.02 Å². The van der Waals surface area contributed by atoms with Gasteiger partial charge in [0, 0.05) is 5.39 Å². The van der Waals surface area contributed by atoms with Gasteiger partial charge >= 0.3 is 0 Å². The number of benzene rings is 1. The molecule has 0 saturated heterocycles. The molecule has 2 nitrogen and oxygen atoms in total. The van der Waals surface area contributed by atoms with Crippen LogP contribution in [-0.4, -0.2) is 13.1 Å². The fourth-order valence-corrected chi connectivity index (χ4v) is 2.13. The molecule has 0 fully saturated rings. The number of para-hydroxylation sites is 1. The lowest BCUT2D eigenvalue weighted by Crippen LogP contribution is -2.20. The minimum absolute atomic E-state index is 0.663. The van der Waals surface area contributed by atoms with Crippen LogP contribution in [0.1, 0.15) is 26.0 Å². The molecule has 0 aliphatic rings. The number of fused-ring (bicyclic) bond motifs is 1. The van der Waals surface area contributed by atoms with Crippen LogP contribution < -0.4 is 5.32 Å². The van der Waals surface area contributed by atoms with E-state index in [2.05, 4.69) is 25.2 Å². The molecular weight excluding hydrogens is 258 g/mol. The molecule has 1 N–H and O–H groups in total. The molecule has 0 spiro atoms. The molecule has 19 heavy (non-hydrogen) atoms. The quantitative estimate of drug-likeness (QED) is 0.772. The molecule has 1 aromatic heterocycles. The van der Waals surface area contributed by atoms with Crippen LogP contribution in [0, 0.1) is 5.92 Å². The number of halogens is 1. The van der Waals surface area contributed by atoms with E-state index in [9.17, 15) is 0 Å². The molecule has 3 heteroatoms. The number of rotatable bonds is 6. The third-order valence-corrected chi connectivity index (χ3v) is 3.14. The maximum Gasteiger partial charge on any atom is 0.153 e. The molecular formula is C16H20ClNO. The largest absolute Gasteiger partial charge is 0.455 e. The lowest BCUT2D eigenvalue weighted by atomic mass is 10.2. The van der Waals surface area contributed by atoms with Crippen molar-refractivity contribution in [3.05, 3.63) is 41.1 Å². The highest BCUT2D eigenvalue weighted by molar-refractivity contribution is 6.34. The molecule has 0 atom stereocenters. The Kier molecular flexibility index (Phi) is 5.06. The summed E-state index contributed by atoms with van der Waals surface area (Å²) in [4.78, 5) is 0. The summed E-state index contributed by atoms with van der Waals surface area (Å²) >= 11 is 6.07. The average Bonchev–Trinajstić information content (AvgIpc) is 2.78. The molecule has 0 aliphatic heterocycles. The molecule has 0 unspecified atom stereocenters. The topological polar surface area (TPSA) is 25.2 Å². The monoisotopic (exact) mass is 277 g/mol. The van der Waals surface area contributed by atoms with E-state index in [1.165, 1.54) is 0 Å². The summed E-state index contributed by atoms with van der Waals surface area (Å²) in [5.74, 6) is 1.55. The molecule has 102 valence electrons. The number of hydrogen-bond donors (Lipinski definition) is 1. The highest BCUT2D eigenvalue weighted by Crippen LogP contribution is 2.27. The molecule has 0 radical (unpaired) electrons. The van der Waals surface area contributed by atoms with E-state index in [1.807, 2.05) is 30.3 Å². The highest BCUT2D eigenvalue weighted by atomic mass is 35.5. The summed E-state index contributed by atoms with van der Waals surface area (Å²) in [6, 6.07) is 7.80. The van der Waals surface area contributed by atoms with Gasteiger partial charge in [-0.05, 0) is 43.6 Å². The van der Waals surface area contributed by atoms with Gasteiger partial charge < -0.3 is 9.73 Å². The second-order valence-corrected chi connectivity index (χ2v) is 5.50. The second-order valence-electron chi connectivity index (χ2n) is 5.10. The molecule has 2 rings (SSSR count). The van der Waals surface area contributed by atoms with Crippen LogP contribution in [0.25, 0.3) is 17.0 Å². The zero-order valence-corrected chi connectivity index (χ0v) is 12.2. The first-order valence-corrected chi connectivity index (χ1v) is 7.10. The van der Waals surface area contributed by atoms with Crippen LogP contribution >= 0.6 is 11.6 Å². The maximum atomic E-state index is 6.07. The highest BCUT2D eigenvalue weighted by Gasteiger charge is 2.04. The lowest BCUT2D eigenvalue weighted by Gasteiger charge is -2.04. The van der Waals surface area contributed by atoms with Crippen LogP contribution in [0.5, 0.6) is 0 Å². The van der Waals surface area contributed by atoms with Gasteiger partial charge in [0.05, 0.1) is 5.02 Å². The smallest absolute Gasteiger partial charge is 0.153 e. The van der Waals surface area contributed by atoms with E-state index in [1.54, 1.807) is 0 Å². The van der Waals surface area contributed by atoms with Gasteiger partial charge in [0.15, 0.2) is 5.58 Å². The van der Waals surface area contributed by atoms with E-state index in [-0.39, 0.29) is 0 Å². The normalized spacial score (nSPS) is 12.0. The number of hydrogen-bond acceptors (Lipinski definition) is 2. The van der Waals surface area contributed by atoms with Gasteiger partial charge in [-0.1, -0.05) is 43.7 Å². The molecule has 0 saturated carbocycles. The minimum atomic E-state index is 0.663. The Balaban J connectivity index is 1.89. The van der Waals surface area contributed by atoms with Crippen molar-refractivity contribution in [3.63, 3.8) is 0 Å². The Hall–Kier alpha value is -1.25. The second kappa shape index (κ2) is 6.78. The zero-order valence-electron chi connectivity index (χ0n) is 11.4. The predicted octanol–water partition coefficient (Wildman–Crippen LogP) is 4.74. The van der Waals surface area contributed by atoms with E-state index in [4.69, 9.17) is 16.0 Å². The van der Waals surface area contributed by atoms with E-state index >= 15 is 0 Å². The van der Waals surface area contributed by atoms with Crippen molar-refractivity contribution in [2.45, 2.75) is 20.3 Å². The van der Waals surface area contributed by atoms with Crippen LogP contribution in [-0.2, 0) is 0 Å². The summed E-state index contributed by atoms with van der Waals surface area (Å²) in [6.45, 7) is 6.48. The third-order valence-electron chi connectivity index (χ3n) is 2.84. The minimum Gasteiger partial charge on any atom is -0.455 e. The summed E-state index contributed by atoms with van der Waals surface area (Å²) in [5, 5.41) is 5.11. The predicted molar refractivity (Wildman–Crippen MR) is 82.6 cm³/mol. The molecule has 0 bridgehead atoms. The molecule has 0 aliphatic carbocycles. The Morgan fingerprint density at radius 1 is 1.37 bits per heavy atom. The van der Waals surface area contributed by atoms with Gasteiger partial charge in [0.2, 0.25) is 0 Å². The van der Waals surface area contributed by atoms with Gasteiger partial charge in [-0.2, -0.15) is 0 Å². The van der Waals surface area contributed by atoms with Crippen LogP contribution in [0.4, 0.5) is 0 Å². The van der Waals surface area contributed by atoms with Gasteiger partial charge in [-0.25, -0.2) is 0 Å². The van der Waals surface area contributed by atoms with Crippen molar-refractivity contribution in [2.24, 2.45) is 5.92 Å². The standard InChI is InChI=1S/C16H20ClNO/c1-12(2)11-18-9-4-3-7-14-10-13-6-5-8-15(17)16(13)19-14/h3,5-8,10,12,18H,4,9,11H2,1-2H3/b7-3+. The molecule has 0 amide bonds. The van der Waals surface area contributed by atoms with Crippen molar-refractivity contribution in [1.29, 1.82) is 0 Å². The number of furan rings is 1. The first-order chi connectivity index (χ1) is 9.16. The average molecular weight is 278 g/mol. The Morgan fingerprint density at radius 3 is 2.95 bits per heavy atom. The molecule has 1 heterocycles. The van der Waals surface area contributed by atoms with Crippen molar-refractivity contribution in [2.75, 3.05) is 13.1 Å². The SMILES string of the molecule is CC(C)CNCC/C=C/c1cc2cccc(Cl)c2o1. The van der Waals surface area contributed by atoms with Crippen LogP contribution in [0.15, 0.2) is 34.8 Å². The van der Waals surface area contributed by atoms with Crippen molar-refractivity contribution >= 4 is 28.6 Å². The van der Waals surface area contributed by atoms with Gasteiger partial charge in [-0.15, -0.1) is 0 Å². The third kappa shape index (κ3) is 4.12. The van der Waals surface area contributed by atoms with Crippen molar-refractivity contribution in [1.82, 2.24) is 5.32 Å². The van der Waals surface area contributed by atoms with Crippen LogP contribution in [0.3, 0.4) is 0 Å². The Bertz CT molecular complexity index is 557. The summed E-state index contributed by atoms with van der Waals surface area (Å²) in [7, 11) is 0. The first kappa shape index (κ1) is 14.2. The van der Waals surface area contributed by atoms with Gasteiger partial charge in [0.25, 0.3) is 0 Å². The van der Waals surface area contributed by atoms with Crippen molar-refractivity contribution in [3.8, 4) is 0 Å². The van der Waals surface area contributed by atoms with Gasteiger partial charge in [-0.3, -0.25) is 0 Å². The van der Waals surface area contributed by atoms with E-state index < -0.39 is 0 Å². The maximum absolute atomic E-state index is 6.07. The lowest BCUT2D eigenvalue weighted by molar-refractivity contribution is 0.556. The summed E-state index contributed by atoms with van der Waals surface area (Å²) in [6.07, 6.45) is 5.13. The fraction of sp³-hybridized carbons (Fsp3) is 0.375. The van der Waals surface area contributed by atoms with Crippen molar-refractivity contribution < 1.29 is 4.42 Å². The molecule has 1 aromatic carbocycles. The first-order valence-electron chi connectivity index (χ1n) is 6.72. The molecule has 2 aromatic rings. The summed E-state index contributed by atoms with van der Waals surface area (Å²) in [5.41, 5.74) is 0.766. The van der Waals surface area contributed by atoms with E-state index in [0.29, 0.717) is 10.9 Å². The number of nitrogens with one attached hydrogen (secondary N) is 1. The Morgan fingerprint density at radius 2 is 2.21 bits per heavy atom.